The van der Waals surface area contributed by atoms with Crippen LogP contribution in [0.2, 0.25) is 10.0 Å². The average molecular weight is 352 g/mol. The average Bonchev–Trinajstić information content (AvgIpc) is 3.33. The van der Waals surface area contributed by atoms with Crippen LogP contribution in [0.4, 0.5) is 0 Å². The molecule has 1 N–H and O–H groups in total. The third kappa shape index (κ3) is 3.92. The molecule has 3 rings (SSSR count). The van der Waals surface area contributed by atoms with E-state index >= 15 is 0 Å². The maximum absolute atomic E-state index is 12.1. The van der Waals surface area contributed by atoms with Crippen molar-refractivity contribution in [3.63, 3.8) is 0 Å². The first-order valence-corrected chi connectivity index (χ1v) is 8.11. The highest BCUT2D eigenvalue weighted by atomic mass is 35.5. The van der Waals surface area contributed by atoms with Crippen molar-refractivity contribution < 1.29 is 4.79 Å². The summed E-state index contributed by atoms with van der Waals surface area (Å²) in [6, 6.07) is 8.00. The van der Waals surface area contributed by atoms with E-state index < -0.39 is 0 Å². The van der Waals surface area contributed by atoms with Gasteiger partial charge in [-0.3, -0.25) is 9.59 Å². The number of carbonyl (C=O) groups excluding carboxylic acids is 1. The summed E-state index contributed by atoms with van der Waals surface area (Å²) < 4.78 is 1.39. The van der Waals surface area contributed by atoms with E-state index in [4.69, 9.17) is 23.2 Å². The summed E-state index contributed by atoms with van der Waals surface area (Å²) in [6.07, 6.45) is 2.24. The Balaban J connectivity index is 1.62. The van der Waals surface area contributed by atoms with Crippen LogP contribution in [0.5, 0.6) is 0 Å². The van der Waals surface area contributed by atoms with Gasteiger partial charge < -0.3 is 5.32 Å². The Hall–Kier alpha value is -1.85. The Morgan fingerprint density at radius 3 is 2.74 bits per heavy atom. The lowest BCUT2D eigenvalue weighted by Crippen LogP contribution is -2.32. The van der Waals surface area contributed by atoms with E-state index in [1.165, 1.54) is 16.8 Å². The zero-order valence-corrected chi connectivity index (χ0v) is 13.8. The maximum atomic E-state index is 12.1. The number of benzene rings is 1. The van der Waals surface area contributed by atoms with Crippen LogP contribution in [0.1, 0.15) is 34.8 Å². The largest absolute Gasteiger partial charge is 0.350 e. The van der Waals surface area contributed by atoms with E-state index in [0.717, 1.165) is 18.5 Å². The number of carbonyl (C=O) groups is 1. The highest BCUT2D eigenvalue weighted by Gasteiger charge is 2.25. The number of halogens is 2. The molecule has 0 spiro atoms. The van der Waals surface area contributed by atoms with Gasteiger partial charge in [0.2, 0.25) is 0 Å². The van der Waals surface area contributed by atoms with Gasteiger partial charge in [0.15, 0.2) is 0 Å². The second-order valence-corrected chi connectivity index (χ2v) is 6.32. The zero-order valence-electron chi connectivity index (χ0n) is 12.3. The van der Waals surface area contributed by atoms with E-state index in [9.17, 15) is 9.59 Å². The van der Waals surface area contributed by atoms with E-state index in [-0.39, 0.29) is 11.5 Å². The van der Waals surface area contributed by atoms with Gasteiger partial charge in [-0.25, -0.2) is 4.68 Å². The summed E-state index contributed by atoms with van der Waals surface area (Å²) in [5.41, 5.74) is 1.12. The molecule has 0 saturated heterocycles. The summed E-state index contributed by atoms with van der Waals surface area (Å²) >= 11 is 11.8. The molecule has 2 aromatic rings. The van der Waals surface area contributed by atoms with Crippen molar-refractivity contribution in [2.75, 3.05) is 6.54 Å². The Bertz CT molecular complexity index is 800. The number of rotatable bonds is 5. The molecule has 1 heterocycles. The van der Waals surface area contributed by atoms with Gasteiger partial charge in [-0.1, -0.05) is 23.2 Å². The molecule has 0 aliphatic heterocycles. The Labute approximate surface area is 143 Å². The maximum Gasteiger partial charge on any atom is 0.266 e. The quantitative estimate of drug-likeness (QED) is 0.900. The smallest absolute Gasteiger partial charge is 0.266 e. The van der Waals surface area contributed by atoms with E-state index in [1.54, 1.807) is 18.2 Å². The normalized spacial score (nSPS) is 13.8. The fourth-order valence-electron chi connectivity index (χ4n) is 2.27. The highest BCUT2D eigenvalue weighted by Crippen LogP contribution is 2.38. The van der Waals surface area contributed by atoms with E-state index in [2.05, 4.69) is 10.4 Å². The monoisotopic (exact) mass is 351 g/mol. The molecule has 1 aliphatic carbocycles. The number of aromatic nitrogens is 2. The van der Waals surface area contributed by atoms with Crippen LogP contribution >= 0.6 is 23.2 Å². The Kier molecular flexibility index (Phi) is 4.68. The third-order valence-corrected chi connectivity index (χ3v) is 4.22. The lowest BCUT2D eigenvalue weighted by Gasteiger charge is -2.09. The number of nitrogens with zero attached hydrogens (tertiary/aromatic N) is 2. The first kappa shape index (κ1) is 16.0. The molecule has 0 atom stereocenters. The Morgan fingerprint density at radius 1 is 1.26 bits per heavy atom. The van der Waals surface area contributed by atoms with Crippen molar-refractivity contribution in [3.8, 4) is 0 Å². The molecule has 0 unspecified atom stereocenters. The van der Waals surface area contributed by atoms with Crippen molar-refractivity contribution >= 4 is 29.1 Å². The van der Waals surface area contributed by atoms with Gasteiger partial charge in [-0.05, 0) is 37.1 Å². The Morgan fingerprint density at radius 2 is 2.04 bits per heavy atom. The second-order valence-electron chi connectivity index (χ2n) is 5.47. The molecule has 1 fully saturated rings. The molecule has 1 aromatic carbocycles. The molecule has 1 saturated carbocycles. The van der Waals surface area contributed by atoms with Crippen LogP contribution in [0.15, 0.2) is 35.1 Å². The van der Waals surface area contributed by atoms with Crippen molar-refractivity contribution in [1.82, 2.24) is 15.1 Å². The minimum atomic E-state index is -0.307. The minimum absolute atomic E-state index is 0.173. The summed E-state index contributed by atoms with van der Waals surface area (Å²) in [6.45, 7) is 0.606. The van der Waals surface area contributed by atoms with Gasteiger partial charge >= 0.3 is 0 Å². The van der Waals surface area contributed by atoms with Gasteiger partial charge in [-0.2, -0.15) is 5.10 Å². The molecule has 7 heteroatoms. The second kappa shape index (κ2) is 6.72. The first-order chi connectivity index (χ1) is 11.0. The van der Waals surface area contributed by atoms with Crippen LogP contribution in [-0.4, -0.2) is 22.2 Å². The number of amides is 1. The molecule has 0 bridgehead atoms. The standard InChI is InChI=1S/C16H15Cl2N3O2/c17-11-3-4-12(13(18)9-11)16(23)19-7-8-21-15(22)6-5-14(20-21)10-1-2-10/h3-6,9-10H,1-2,7-8H2,(H,19,23). The molecular weight excluding hydrogens is 337 g/mol. The first-order valence-electron chi connectivity index (χ1n) is 7.36. The zero-order chi connectivity index (χ0) is 16.4. The highest BCUT2D eigenvalue weighted by molar-refractivity contribution is 6.36. The minimum Gasteiger partial charge on any atom is -0.350 e. The van der Waals surface area contributed by atoms with Crippen LogP contribution in [0, 0.1) is 0 Å². The molecule has 1 aliphatic rings. The van der Waals surface area contributed by atoms with Gasteiger partial charge in [-0.15, -0.1) is 0 Å². The summed E-state index contributed by atoms with van der Waals surface area (Å²) in [7, 11) is 0. The van der Waals surface area contributed by atoms with Crippen molar-refractivity contribution in [2.45, 2.75) is 25.3 Å². The predicted molar refractivity (Wildman–Crippen MR) is 89.3 cm³/mol. The van der Waals surface area contributed by atoms with Gasteiger partial charge in [0.1, 0.15) is 0 Å². The van der Waals surface area contributed by atoms with Crippen LogP contribution < -0.4 is 10.9 Å². The van der Waals surface area contributed by atoms with Crippen LogP contribution in [-0.2, 0) is 6.54 Å². The van der Waals surface area contributed by atoms with Crippen LogP contribution in [0.3, 0.4) is 0 Å². The van der Waals surface area contributed by atoms with Crippen molar-refractivity contribution in [3.05, 3.63) is 62.0 Å². The fourth-order valence-corrected chi connectivity index (χ4v) is 2.76. The molecule has 120 valence electrons. The molecular formula is C16H15Cl2N3O2. The van der Waals surface area contributed by atoms with Gasteiger partial charge in [0.05, 0.1) is 22.8 Å². The summed E-state index contributed by atoms with van der Waals surface area (Å²) in [5, 5.41) is 7.84. The van der Waals surface area contributed by atoms with Crippen molar-refractivity contribution in [1.29, 1.82) is 0 Å². The number of hydrogen-bond donors (Lipinski definition) is 1. The van der Waals surface area contributed by atoms with E-state index in [0.29, 0.717) is 34.6 Å². The third-order valence-electron chi connectivity index (χ3n) is 3.67. The fraction of sp³-hybridized carbons (Fsp3) is 0.312. The van der Waals surface area contributed by atoms with E-state index in [1.807, 2.05) is 0 Å². The SMILES string of the molecule is O=C(NCCn1nc(C2CC2)ccc1=O)c1ccc(Cl)cc1Cl. The summed E-state index contributed by atoms with van der Waals surface area (Å²) in [5.74, 6) is 0.169. The molecule has 23 heavy (non-hydrogen) atoms. The lowest BCUT2D eigenvalue weighted by atomic mass is 10.2. The summed E-state index contributed by atoms with van der Waals surface area (Å²) in [4.78, 5) is 23.9. The molecule has 1 amide bonds. The lowest BCUT2D eigenvalue weighted by molar-refractivity contribution is 0.0952. The number of hydrogen-bond acceptors (Lipinski definition) is 3. The molecule has 5 nitrogen and oxygen atoms in total. The number of nitrogens with one attached hydrogen (secondary N) is 1. The predicted octanol–water partition coefficient (Wildman–Crippen LogP) is 2.86. The molecule has 1 aromatic heterocycles. The molecule has 0 radical (unpaired) electrons. The van der Waals surface area contributed by atoms with Crippen molar-refractivity contribution in [2.24, 2.45) is 0 Å². The topological polar surface area (TPSA) is 64.0 Å². The van der Waals surface area contributed by atoms with Gasteiger partial charge in [0.25, 0.3) is 11.5 Å². The van der Waals surface area contributed by atoms with Gasteiger partial charge in [0, 0.05) is 23.6 Å². The van der Waals surface area contributed by atoms with Crippen LogP contribution in [0.25, 0.3) is 0 Å².